The number of nitrogens with one attached hydrogen (secondary N) is 1. The van der Waals surface area contributed by atoms with Crippen LogP contribution in [0.5, 0.6) is 11.5 Å². The Labute approximate surface area is 180 Å². The molecule has 1 amide bonds. The molecule has 1 heterocycles. The average Bonchev–Trinajstić information content (AvgIpc) is 2.78. The summed E-state index contributed by atoms with van der Waals surface area (Å²) in [6.07, 6.45) is -0.242. The Bertz CT molecular complexity index is 1080. The Balaban J connectivity index is 1.92. The molecule has 0 aliphatic rings. The molecule has 1 unspecified atom stereocenters. The zero-order chi connectivity index (χ0) is 22.4. The molecule has 0 saturated heterocycles. The number of carbonyl (C=O) groups excluding carboxylic acids is 1. The molecule has 31 heavy (non-hydrogen) atoms. The molecule has 3 aromatic rings. The Kier molecular flexibility index (Phi) is 6.87. The fraction of sp³-hybridized carbons (Fsp3) is 0.208. The Morgan fingerprint density at radius 1 is 1.03 bits per heavy atom. The molecule has 3 rings (SSSR count). The molecular formula is C24H24N2O5. The zero-order valence-electron chi connectivity index (χ0n) is 17.6. The van der Waals surface area contributed by atoms with E-state index in [1.807, 2.05) is 49.4 Å². The number of amides is 1. The van der Waals surface area contributed by atoms with Gasteiger partial charge in [0.2, 0.25) is 0 Å². The van der Waals surface area contributed by atoms with Gasteiger partial charge in [0, 0.05) is 5.56 Å². The molecule has 2 N–H and O–H groups in total. The van der Waals surface area contributed by atoms with E-state index in [-0.39, 0.29) is 12.1 Å². The predicted octanol–water partition coefficient (Wildman–Crippen LogP) is 4.02. The zero-order valence-corrected chi connectivity index (χ0v) is 17.6. The molecule has 7 nitrogen and oxygen atoms in total. The van der Waals surface area contributed by atoms with E-state index in [0.29, 0.717) is 22.8 Å². The third kappa shape index (κ3) is 5.39. The number of carboxylic acid groups (broad SMARTS) is 1. The van der Waals surface area contributed by atoms with Crippen LogP contribution >= 0.6 is 0 Å². The molecule has 0 aliphatic carbocycles. The summed E-state index contributed by atoms with van der Waals surface area (Å²) in [5.74, 6) is -0.327. The van der Waals surface area contributed by atoms with Crippen LogP contribution in [0.25, 0.3) is 11.3 Å². The molecular weight excluding hydrogens is 396 g/mol. The number of carboxylic acids is 1. The molecule has 0 aliphatic heterocycles. The third-order valence-electron chi connectivity index (χ3n) is 4.82. The number of methoxy groups -OCH3 is 2. The molecule has 1 aromatic heterocycles. The second kappa shape index (κ2) is 9.75. The average molecular weight is 420 g/mol. The minimum absolute atomic E-state index is 0.154. The van der Waals surface area contributed by atoms with Gasteiger partial charge in [0.15, 0.2) is 0 Å². The van der Waals surface area contributed by atoms with Gasteiger partial charge in [0.25, 0.3) is 5.91 Å². The normalized spacial score (nSPS) is 11.5. The van der Waals surface area contributed by atoms with Crippen LogP contribution in [0.2, 0.25) is 0 Å². The molecule has 0 fully saturated rings. The van der Waals surface area contributed by atoms with E-state index in [1.165, 1.54) is 7.11 Å². The van der Waals surface area contributed by atoms with Crippen molar-refractivity contribution < 1.29 is 24.2 Å². The smallest absolute Gasteiger partial charge is 0.305 e. The quantitative estimate of drug-likeness (QED) is 0.571. The second-order valence-corrected chi connectivity index (χ2v) is 7.01. The molecule has 2 aromatic carbocycles. The monoisotopic (exact) mass is 420 g/mol. The number of aromatic nitrogens is 1. The summed E-state index contributed by atoms with van der Waals surface area (Å²) in [7, 11) is 3.10. The molecule has 7 heteroatoms. The number of carbonyl (C=O) groups is 2. The summed E-state index contributed by atoms with van der Waals surface area (Å²) < 4.78 is 10.7. The van der Waals surface area contributed by atoms with E-state index in [2.05, 4.69) is 10.3 Å². The van der Waals surface area contributed by atoms with Crippen molar-refractivity contribution in [3.63, 3.8) is 0 Å². The number of hydrogen-bond donors (Lipinski definition) is 2. The van der Waals surface area contributed by atoms with E-state index in [1.54, 1.807) is 25.3 Å². The van der Waals surface area contributed by atoms with Gasteiger partial charge in [0.05, 0.1) is 26.7 Å². The van der Waals surface area contributed by atoms with Gasteiger partial charge < -0.3 is 19.9 Å². The van der Waals surface area contributed by atoms with Crippen LogP contribution < -0.4 is 14.8 Å². The lowest BCUT2D eigenvalue weighted by atomic mass is 10.0. The third-order valence-corrected chi connectivity index (χ3v) is 4.82. The van der Waals surface area contributed by atoms with Crippen molar-refractivity contribution in [1.82, 2.24) is 10.3 Å². The maximum absolute atomic E-state index is 13.0. The fourth-order valence-electron chi connectivity index (χ4n) is 3.17. The molecule has 0 radical (unpaired) electrons. The number of hydrogen-bond acceptors (Lipinski definition) is 5. The van der Waals surface area contributed by atoms with Crippen LogP contribution in [0.1, 0.15) is 34.1 Å². The Hall–Kier alpha value is -3.87. The highest BCUT2D eigenvalue weighted by atomic mass is 16.5. The summed E-state index contributed by atoms with van der Waals surface area (Å²) >= 11 is 0. The second-order valence-electron chi connectivity index (χ2n) is 7.01. The van der Waals surface area contributed by atoms with Crippen molar-refractivity contribution in [3.8, 4) is 22.8 Å². The van der Waals surface area contributed by atoms with Gasteiger partial charge >= 0.3 is 5.97 Å². The fourth-order valence-corrected chi connectivity index (χ4v) is 3.17. The van der Waals surface area contributed by atoms with Gasteiger partial charge in [-0.1, -0.05) is 42.0 Å². The topological polar surface area (TPSA) is 97.8 Å². The minimum Gasteiger partial charge on any atom is -0.497 e. The van der Waals surface area contributed by atoms with E-state index < -0.39 is 17.9 Å². The summed E-state index contributed by atoms with van der Waals surface area (Å²) in [5.41, 5.74) is 3.12. The lowest BCUT2D eigenvalue weighted by Crippen LogP contribution is -2.30. The van der Waals surface area contributed by atoms with Crippen LogP contribution in [0.15, 0.2) is 60.7 Å². The maximum atomic E-state index is 13.0. The van der Waals surface area contributed by atoms with Crippen LogP contribution in [-0.4, -0.2) is 36.2 Å². The number of ether oxygens (including phenoxy) is 2. The first-order valence-corrected chi connectivity index (χ1v) is 9.70. The van der Waals surface area contributed by atoms with E-state index in [4.69, 9.17) is 9.47 Å². The number of aryl methyl sites for hydroxylation is 1. The van der Waals surface area contributed by atoms with E-state index in [0.717, 1.165) is 11.1 Å². The van der Waals surface area contributed by atoms with Crippen LogP contribution in [0.3, 0.4) is 0 Å². The van der Waals surface area contributed by atoms with Crippen LogP contribution in [0.4, 0.5) is 0 Å². The largest absolute Gasteiger partial charge is 0.497 e. The van der Waals surface area contributed by atoms with Crippen LogP contribution in [-0.2, 0) is 4.79 Å². The number of pyridine rings is 1. The standard InChI is InChI=1S/C24H24N2O5/c1-15-7-9-16(10-8-15)20(14-22(27)28)26-24(29)19-11-12-21(31-3)23(25-19)17-5-4-6-18(13-17)30-2/h4-13,20H,14H2,1-3H3,(H,26,29)(H,27,28). The number of rotatable bonds is 8. The summed E-state index contributed by atoms with van der Waals surface area (Å²) in [6, 6.07) is 17.2. The number of benzene rings is 2. The first-order valence-electron chi connectivity index (χ1n) is 9.70. The first-order chi connectivity index (χ1) is 14.9. The van der Waals surface area contributed by atoms with Gasteiger partial charge in [-0.15, -0.1) is 0 Å². The summed E-state index contributed by atoms with van der Waals surface area (Å²) in [5, 5.41) is 12.1. The SMILES string of the molecule is COc1cccc(-c2nc(C(=O)NC(CC(=O)O)c3ccc(C)cc3)ccc2OC)c1. The van der Waals surface area contributed by atoms with Crippen molar-refractivity contribution in [2.45, 2.75) is 19.4 Å². The first kappa shape index (κ1) is 21.8. The maximum Gasteiger partial charge on any atom is 0.305 e. The minimum atomic E-state index is -1.01. The Morgan fingerprint density at radius 2 is 1.77 bits per heavy atom. The number of nitrogens with zero attached hydrogens (tertiary/aromatic N) is 1. The molecule has 1 atom stereocenters. The highest BCUT2D eigenvalue weighted by Crippen LogP contribution is 2.30. The van der Waals surface area contributed by atoms with Gasteiger partial charge in [0.1, 0.15) is 22.9 Å². The van der Waals surface area contributed by atoms with Gasteiger partial charge in [-0.3, -0.25) is 9.59 Å². The highest BCUT2D eigenvalue weighted by molar-refractivity contribution is 5.93. The van der Waals surface area contributed by atoms with Crippen molar-refractivity contribution in [1.29, 1.82) is 0 Å². The summed E-state index contributed by atoms with van der Waals surface area (Å²) in [4.78, 5) is 28.8. The van der Waals surface area contributed by atoms with Gasteiger partial charge in [-0.2, -0.15) is 0 Å². The lowest BCUT2D eigenvalue weighted by Gasteiger charge is -2.18. The Morgan fingerprint density at radius 3 is 2.42 bits per heavy atom. The molecule has 0 bridgehead atoms. The summed E-state index contributed by atoms with van der Waals surface area (Å²) in [6.45, 7) is 1.94. The molecule has 0 spiro atoms. The molecule has 0 saturated carbocycles. The predicted molar refractivity (Wildman–Crippen MR) is 116 cm³/mol. The lowest BCUT2D eigenvalue weighted by molar-refractivity contribution is -0.137. The van der Waals surface area contributed by atoms with E-state index >= 15 is 0 Å². The van der Waals surface area contributed by atoms with Gasteiger partial charge in [-0.25, -0.2) is 4.98 Å². The van der Waals surface area contributed by atoms with E-state index in [9.17, 15) is 14.7 Å². The van der Waals surface area contributed by atoms with Crippen molar-refractivity contribution >= 4 is 11.9 Å². The molecule has 160 valence electrons. The van der Waals surface area contributed by atoms with Gasteiger partial charge in [-0.05, 0) is 36.8 Å². The van der Waals surface area contributed by atoms with Crippen LogP contribution in [0, 0.1) is 6.92 Å². The van der Waals surface area contributed by atoms with Crippen molar-refractivity contribution in [2.24, 2.45) is 0 Å². The number of aliphatic carboxylic acids is 1. The van der Waals surface area contributed by atoms with Crippen molar-refractivity contribution in [3.05, 3.63) is 77.5 Å². The van der Waals surface area contributed by atoms with Crippen molar-refractivity contribution in [2.75, 3.05) is 14.2 Å². The highest BCUT2D eigenvalue weighted by Gasteiger charge is 2.21.